The second kappa shape index (κ2) is 8.24. The number of aliphatic hydroxyl groups excluding tert-OH is 1. The van der Waals surface area contributed by atoms with Crippen molar-refractivity contribution < 1.29 is 28.3 Å². The van der Waals surface area contributed by atoms with Gasteiger partial charge in [0.05, 0.1) is 26.9 Å². The van der Waals surface area contributed by atoms with E-state index in [4.69, 9.17) is 13.8 Å². The van der Waals surface area contributed by atoms with Crippen LogP contribution in [0.3, 0.4) is 0 Å². The van der Waals surface area contributed by atoms with E-state index in [9.17, 15) is 14.6 Å². The first-order valence-electron chi connectivity index (χ1n) is 6.97. The predicted octanol–water partition coefficient (Wildman–Crippen LogP) is 3.02. The van der Waals surface area contributed by atoms with Crippen LogP contribution in [0.5, 0.6) is 5.75 Å². The van der Waals surface area contributed by atoms with E-state index in [0.717, 1.165) is 0 Å². The van der Waals surface area contributed by atoms with E-state index < -0.39 is 7.82 Å². The monoisotopic (exact) mass is 338 g/mol. The maximum absolute atomic E-state index is 12.0. The highest BCUT2D eigenvalue weighted by Crippen LogP contribution is 2.45. The van der Waals surface area contributed by atoms with Crippen molar-refractivity contribution in [2.75, 3.05) is 7.11 Å². The van der Waals surface area contributed by atoms with Crippen molar-refractivity contribution >= 4 is 7.82 Å². The Balaban J connectivity index is 1.95. The summed E-state index contributed by atoms with van der Waals surface area (Å²) >= 11 is 0. The summed E-state index contributed by atoms with van der Waals surface area (Å²) < 4.78 is 27.1. The van der Waals surface area contributed by atoms with Crippen LogP contribution in [0.2, 0.25) is 0 Å². The molecule has 2 N–H and O–H groups in total. The lowest BCUT2D eigenvalue weighted by Gasteiger charge is -2.14. The predicted molar refractivity (Wildman–Crippen MR) is 84.8 cm³/mol. The fourth-order valence-corrected chi connectivity index (χ4v) is 2.69. The molecule has 0 aliphatic heterocycles. The Hall–Kier alpha value is -1.69. The molecule has 6 nitrogen and oxygen atoms in total. The third-order valence-electron chi connectivity index (χ3n) is 3.25. The maximum Gasteiger partial charge on any atom is 0.472 e. The molecular weight excluding hydrogens is 319 g/mol. The van der Waals surface area contributed by atoms with Gasteiger partial charge in [-0.05, 0) is 17.2 Å². The molecule has 23 heavy (non-hydrogen) atoms. The van der Waals surface area contributed by atoms with Crippen LogP contribution in [0.1, 0.15) is 16.7 Å². The Kier molecular flexibility index (Phi) is 6.33. The van der Waals surface area contributed by atoms with Crippen LogP contribution in [-0.4, -0.2) is 17.1 Å². The summed E-state index contributed by atoms with van der Waals surface area (Å²) in [5.41, 5.74) is 1.91. The fraction of sp³-hybridized carbons (Fsp3) is 0.250. The normalized spacial score (nSPS) is 13.5. The summed E-state index contributed by atoms with van der Waals surface area (Å²) in [5, 5.41) is 9.23. The summed E-state index contributed by atoms with van der Waals surface area (Å²) in [6.45, 7) is -0.410. The second-order valence-corrected chi connectivity index (χ2v) is 6.21. The van der Waals surface area contributed by atoms with E-state index >= 15 is 0 Å². The number of aliphatic hydroxyl groups is 1. The quantitative estimate of drug-likeness (QED) is 0.720. The van der Waals surface area contributed by atoms with Crippen molar-refractivity contribution in [2.24, 2.45) is 0 Å². The van der Waals surface area contributed by atoms with E-state index in [0.29, 0.717) is 22.4 Å². The number of phosphoric ester groups is 1. The van der Waals surface area contributed by atoms with Gasteiger partial charge in [0.25, 0.3) is 0 Å². The molecule has 0 saturated carbocycles. The zero-order chi connectivity index (χ0) is 16.7. The molecule has 2 aromatic carbocycles. The van der Waals surface area contributed by atoms with Crippen LogP contribution < -0.4 is 4.74 Å². The first-order chi connectivity index (χ1) is 11.1. The molecule has 0 fully saturated rings. The molecule has 124 valence electrons. The standard InChI is InChI=1S/C16H19O6P/c1-20-16-9-5-4-8-15(16)12-22-23(18,19)21-11-14-7-3-2-6-13(14)10-17/h2-9,17H,10-12H2,1H3,(H,18,19). The summed E-state index contributed by atoms with van der Waals surface area (Å²) in [5.74, 6) is 0.568. The van der Waals surface area contributed by atoms with Gasteiger partial charge in [-0.15, -0.1) is 0 Å². The van der Waals surface area contributed by atoms with E-state index in [1.165, 1.54) is 7.11 Å². The average molecular weight is 338 g/mol. The Morgan fingerprint density at radius 2 is 1.43 bits per heavy atom. The largest absolute Gasteiger partial charge is 0.496 e. The molecule has 0 heterocycles. The molecule has 0 aliphatic carbocycles. The first-order valence-corrected chi connectivity index (χ1v) is 8.46. The minimum absolute atomic E-state index is 0.112. The van der Waals surface area contributed by atoms with E-state index in [2.05, 4.69) is 0 Å². The van der Waals surface area contributed by atoms with Gasteiger partial charge in [0.2, 0.25) is 0 Å². The molecule has 1 unspecified atom stereocenters. The highest BCUT2D eigenvalue weighted by molar-refractivity contribution is 7.47. The summed E-state index contributed by atoms with van der Waals surface area (Å²) in [6.07, 6.45) is 0. The van der Waals surface area contributed by atoms with E-state index in [1.807, 2.05) is 0 Å². The number of rotatable bonds is 8. The van der Waals surface area contributed by atoms with Gasteiger partial charge in [-0.3, -0.25) is 9.05 Å². The summed E-state index contributed by atoms with van der Waals surface area (Å²) in [6, 6.07) is 14.0. The zero-order valence-corrected chi connectivity index (χ0v) is 13.6. The van der Waals surface area contributed by atoms with Crippen LogP contribution in [0.4, 0.5) is 0 Å². The van der Waals surface area contributed by atoms with Gasteiger partial charge in [0, 0.05) is 5.56 Å². The van der Waals surface area contributed by atoms with Gasteiger partial charge in [0.1, 0.15) is 5.75 Å². The SMILES string of the molecule is COc1ccccc1COP(=O)(O)OCc1ccccc1CO. The molecule has 0 saturated heterocycles. The minimum atomic E-state index is -4.22. The van der Waals surface area contributed by atoms with E-state index in [1.54, 1.807) is 48.5 Å². The number of benzene rings is 2. The number of ether oxygens (including phenoxy) is 1. The lowest BCUT2D eigenvalue weighted by Crippen LogP contribution is -2.00. The number of para-hydroxylation sites is 1. The van der Waals surface area contributed by atoms with Crippen molar-refractivity contribution in [2.45, 2.75) is 19.8 Å². The van der Waals surface area contributed by atoms with Gasteiger partial charge in [-0.1, -0.05) is 42.5 Å². The van der Waals surface area contributed by atoms with Crippen molar-refractivity contribution in [1.82, 2.24) is 0 Å². The highest BCUT2D eigenvalue weighted by atomic mass is 31.2. The summed E-state index contributed by atoms with van der Waals surface area (Å²) in [7, 11) is -2.71. The Labute approximate surface area is 134 Å². The Morgan fingerprint density at radius 1 is 0.913 bits per heavy atom. The van der Waals surface area contributed by atoms with Crippen LogP contribution in [-0.2, 0) is 33.4 Å². The third kappa shape index (κ3) is 5.16. The van der Waals surface area contributed by atoms with Crippen LogP contribution in [0, 0.1) is 0 Å². The number of methoxy groups -OCH3 is 1. The molecule has 0 bridgehead atoms. The molecule has 7 heteroatoms. The van der Waals surface area contributed by atoms with Crippen molar-refractivity contribution in [1.29, 1.82) is 0 Å². The average Bonchev–Trinajstić information content (AvgIpc) is 2.59. The Bertz CT molecular complexity index is 632. The Morgan fingerprint density at radius 3 is 2.04 bits per heavy atom. The third-order valence-corrected chi connectivity index (χ3v) is 4.16. The fourth-order valence-electron chi connectivity index (χ4n) is 2.01. The molecule has 0 radical (unpaired) electrons. The first kappa shape index (κ1) is 17.7. The smallest absolute Gasteiger partial charge is 0.472 e. The van der Waals surface area contributed by atoms with E-state index in [-0.39, 0.29) is 19.8 Å². The lowest BCUT2D eigenvalue weighted by atomic mass is 10.1. The van der Waals surface area contributed by atoms with Crippen LogP contribution >= 0.6 is 7.82 Å². The van der Waals surface area contributed by atoms with Crippen LogP contribution in [0.25, 0.3) is 0 Å². The van der Waals surface area contributed by atoms with Gasteiger partial charge in [0.15, 0.2) is 0 Å². The molecule has 2 rings (SSSR count). The molecule has 2 aromatic rings. The number of phosphoric acid groups is 1. The van der Waals surface area contributed by atoms with Gasteiger partial charge in [-0.2, -0.15) is 0 Å². The van der Waals surface area contributed by atoms with Gasteiger partial charge >= 0.3 is 7.82 Å². The molecule has 0 amide bonds. The van der Waals surface area contributed by atoms with Crippen molar-refractivity contribution in [3.63, 3.8) is 0 Å². The number of hydrogen-bond donors (Lipinski definition) is 2. The zero-order valence-electron chi connectivity index (χ0n) is 12.7. The second-order valence-electron chi connectivity index (χ2n) is 4.75. The maximum atomic E-state index is 12.0. The van der Waals surface area contributed by atoms with Gasteiger partial charge < -0.3 is 14.7 Å². The summed E-state index contributed by atoms with van der Waals surface area (Å²) in [4.78, 5) is 9.77. The molecular formula is C16H19O6P. The number of hydrogen-bond acceptors (Lipinski definition) is 5. The molecule has 0 aromatic heterocycles. The molecule has 0 spiro atoms. The minimum Gasteiger partial charge on any atom is -0.496 e. The topological polar surface area (TPSA) is 85.2 Å². The molecule has 1 atom stereocenters. The van der Waals surface area contributed by atoms with Crippen LogP contribution in [0.15, 0.2) is 48.5 Å². The van der Waals surface area contributed by atoms with Crippen molar-refractivity contribution in [3.05, 3.63) is 65.2 Å². The lowest BCUT2D eigenvalue weighted by molar-refractivity contribution is 0.135. The highest BCUT2D eigenvalue weighted by Gasteiger charge is 2.22. The molecule has 0 aliphatic rings. The van der Waals surface area contributed by atoms with Crippen molar-refractivity contribution in [3.8, 4) is 5.75 Å². The van der Waals surface area contributed by atoms with Gasteiger partial charge in [-0.25, -0.2) is 4.57 Å².